The zero-order valence-corrected chi connectivity index (χ0v) is 15.3. The highest BCUT2D eigenvalue weighted by molar-refractivity contribution is 5.73. The summed E-state index contributed by atoms with van der Waals surface area (Å²) in [4.78, 5) is 15.8. The summed E-state index contributed by atoms with van der Waals surface area (Å²) in [6, 6.07) is 10.3. The molecule has 5 nitrogen and oxygen atoms in total. The maximum atomic E-state index is 11.5. The Bertz CT molecular complexity index is 557. The summed E-state index contributed by atoms with van der Waals surface area (Å²) in [5, 5.41) is 10.9. The van der Waals surface area contributed by atoms with E-state index in [0.717, 1.165) is 50.9 Å². The van der Waals surface area contributed by atoms with Gasteiger partial charge >= 0.3 is 0 Å². The molecule has 3 atom stereocenters. The summed E-state index contributed by atoms with van der Waals surface area (Å²) in [5.74, 6) is 0.986. The molecule has 2 fully saturated rings. The molecule has 138 valence electrons. The van der Waals surface area contributed by atoms with Crippen molar-refractivity contribution in [1.29, 1.82) is 0 Å². The van der Waals surface area contributed by atoms with Crippen LogP contribution >= 0.6 is 0 Å². The second-order valence-corrected chi connectivity index (χ2v) is 7.36. The molecule has 0 aromatic heterocycles. The molecule has 1 heterocycles. The number of nitrogens with zero attached hydrogens (tertiary/aromatic N) is 2. The Hall–Kier alpha value is -1.59. The van der Waals surface area contributed by atoms with Crippen LogP contribution in [0.1, 0.15) is 39.0 Å². The third-order valence-corrected chi connectivity index (χ3v) is 5.80. The molecule has 1 saturated heterocycles. The largest absolute Gasteiger partial charge is 0.488 e. The average Bonchev–Trinajstić information content (AvgIpc) is 2.64. The molecule has 1 aliphatic heterocycles. The number of para-hydroxylation sites is 1. The lowest BCUT2D eigenvalue weighted by Crippen LogP contribution is -2.56. The predicted molar refractivity (Wildman–Crippen MR) is 97.5 cm³/mol. The predicted octanol–water partition coefficient (Wildman–Crippen LogP) is 2.29. The van der Waals surface area contributed by atoms with Crippen molar-refractivity contribution >= 4 is 5.91 Å². The highest BCUT2D eigenvalue weighted by Gasteiger charge is 2.38. The number of aliphatic hydroxyl groups is 1. The molecule has 1 amide bonds. The standard InChI is InChI=1S/C20H30N2O3/c1-15(23)22-13-11-16(12-14-22)21(2)18-9-6-10-19(20(18)24)25-17-7-4-3-5-8-17/h3-5,7-8,16,18-20,24H,6,9-14H2,1-2H3/t18-,19+,20+/m1/s1. The molecule has 1 aliphatic carbocycles. The maximum absolute atomic E-state index is 11.5. The zero-order chi connectivity index (χ0) is 17.8. The molecule has 2 aliphatic rings. The van der Waals surface area contributed by atoms with Crippen molar-refractivity contribution < 1.29 is 14.6 Å². The number of rotatable bonds is 4. The van der Waals surface area contributed by atoms with Gasteiger partial charge in [-0.05, 0) is 51.3 Å². The Morgan fingerprint density at radius 1 is 1.16 bits per heavy atom. The minimum absolute atomic E-state index is 0.122. The quantitative estimate of drug-likeness (QED) is 0.909. The SMILES string of the molecule is CC(=O)N1CCC(N(C)[C@@H]2CCC[C@H](Oc3ccccc3)[C@H]2O)CC1. The molecule has 1 saturated carbocycles. The molecule has 0 bridgehead atoms. The summed E-state index contributed by atoms with van der Waals surface area (Å²) >= 11 is 0. The van der Waals surface area contributed by atoms with E-state index in [1.165, 1.54) is 0 Å². The van der Waals surface area contributed by atoms with Crippen molar-refractivity contribution in [3.05, 3.63) is 30.3 Å². The average molecular weight is 346 g/mol. The Balaban J connectivity index is 1.59. The molecular formula is C20H30N2O3. The van der Waals surface area contributed by atoms with Gasteiger partial charge in [0.05, 0.1) is 0 Å². The van der Waals surface area contributed by atoms with Gasteiger partial charge in [0.25, 0.3) is 0 Å². The first kappa shape index (κ1) is 18.2. The molecule has 1 aromatic carbocycles. The van der Waals surface area contributed by atoms with Gasteiger partial charge in [-0.3, -0.25) is 9.69 Å². The van der Waals surface area contributed by atoms with Crippen molar-refractivity contribution in [1.82, 2.24) is 9.80 Å². The third kappa shape index (κ3) is 4.33. The van der Waals surface area contributed by atoms with Gasteiger partial charge in [0.2, 0.25) is 5.91 Å². The van der Waals surface area contributed by atoms with E-state index in [0.29, 0.717) is 6.04 Å². The van der Waals surface area contributed by atoms with E-state index in [-0.39, 0.29) is 18.1 Å². The van der Waals surface area contributed by atoms with Gasteiger partial charge in [-0.1, -0.05) is 18.2 Å². The van der Waals surface area contributed by atoms with E-state index in [1.54, 1.807) is 6.92 Å². The molecule has 0 radical (unpaired) electrons. The van der Waals surface area contributed by atoms with E-state index in [9.17, 15) is 9.90 Å². The Morgan fingerprint density at radius 2 is 1.84 bits per heavy atom. The van der Waals surface area contributed by atoms with E-state index >= 15 is 0 Å². The maximum Gasteiger partial charge on any atom is 0.219 e. The number of carbonyl (C=O) groups is 1. The number of hydrogen-bond acceptors (Lipinski definition) is 4. The molecule has 1 aromatic rings. The highest BCUT2D eigenvalue weighted by Crippen LogP contribution is 2.29. The first-order valence-electron chi connectivity index (χ1n) is 9.43. The normalized spacial score (nSPS) is 28.2. The van der Waals surface area contributed by atoms with Crippen LogP contribution in [0.3, 0.4) is 0 Å². The number of amides is 1. The molecule has 0 unspecified atom stereocenters. The molecule has 0 spiro atoms. The van der Waals surface area contributed by atoms with Crippen LogP contribution in [0.4, 0.5) is 0 Å². The lowest BCUT2D eigenvalue weighted by atomic mass is 9.87. The fourth-order valence-corrected chi connectivity index (χ4v) is 4.22. The van der Waals surface area contributed by atoms with Crippen molar-refractivity contribution in [2.75, 3.05) is 20.1 Å². The van der Waals surface area contributed by atoms with Gasteiger partial charge < -0.3 is 14.7 Å². The number of benzene rings is 1. The number of carbonyl (C=O) groups excluding carboxylic acids is 1. The van der Waals surface area contributed by atoms with Crippen molar-refractivity contribution in [3.8, 4) is 5.75 Å². The van der Waals surface area contributed by atoms with Gasteiger partial charge in [0.15, 0.2) is 0 Å². The number of aliphatic hydroxyl groups excluding tert-OH is 1. The van der Waals surface area contributed by atoms with Crippen LogP contribution in [-0.2, 0) is 4.79 Å². The van der Waals surface area contributed by atoms with Gasteiger partial charge in [0.1, 0.15) is 18.0 Å². The van der Waals surface area contributed by atoms with Crippen LogP contribution < -0.4 is 4.74 Å². The topological polar surface area (TPSA) is 53.0 Å². The van der Waals surface area contributed by atoms with Gasteiger partial charge in [0, 0.05) is 32.1 Å². The van der Waals surface area contributed by atoms with Crippen molar-refractivity contribution in [2.24, 2.45) is 0 Å². The number of ether oxygens (including phenoxy) is 1. The van der Waals surface area contributed by atoms with E-state index in [1.807, 2.05) is 35.2 Å². The first-order chi connectivity index (χ1) is 12.1. The number of likely N-dealkylation sites (N-methyl/N-ethyl adjacent to an activating group) is 1. The van der Waals surface area contributed by atoms with Crippen LogP contribution in [0.15, 0.2) is 30.3 Å². The summed E-state index contributed by atoms with van der Waals surface area (Å²) < 4.78 is 6.05. The fourth-order valence-electron chi connectivity index (χ4n) is 4.22. The van der Waals surface area contributed by atoms with Crippen LogP contribution in [0.25, 0.3) is 0 Å². The Labute approximate surface area is 150 Å². The highest BCUT2D eigenvalue weighted by atomic mass is 16.5. The smallest absolute Gasteiger partial charge is 0.219 e. The first-order valence-corrected chi connectivity index (χ1v) is 9.43. The molecular weight excluding hydrogens is 316 g/mol. The summed E-state index contributed by atoms with van der Waals surface area (Å²) in [7, 11) is 2.12. The number of hydrogen-bond donors (Lipinski definition) is 1. The third-order valence-electron chi connectivity index (χ3n) is 5.80. The van der Waals surface area contributed by atoms with Crippen LogP contribution in [0, 0.1) is 0 Å². The number of likely N-dealkylation sites (tertiary alicyclic amines) is 1. The molecule has 5 heteroatoms. The van der Waals surface area contributed by atoms with E-state index in [2.05, 4.69) is 11.9 Å². The van der Waals surface area contributed by atoms with Gasteiger partial charge in [-0.2, -0.15) is 0 Å². The molecule has 1 N–H and O–H groups in total. The number of piperidine rings is 1. The Kier molecular flexibility index (Phi) is 5.97. The fraction of sp³-hybridized carbons (Fsp3) is 0.650. The minimum atomic E-state index is -0.482. The van der Waals surface area contributed by atoms with Crippen LogP contribution in [-0.4, -0.2) is 65.2 Å². The zero-order valence-electron chi connectivity index (χ0n) is 15.3. The van der Waals surface area contributed by atoms with E-state index in [4.69, 9.17) is 4.74 Å². The monoisotopic (exact) mass is 346 g/mol. The second kappa shape index (κ2) is 8.19. The summed E-state index contributed by atoms with van der Waals surface area (Å²) in [6.07, 6.45) is 4.27. The summed E-state index contributed by atoms with van der Waals surface area (Å²) in [6.45, 7) is 3.27. The van der Waals surface area contributed by atoms with Gasteiger partial charge in [-0.25, -0.2) is 0 Å². The van der Waals surface area contributed by atoms with Crippen LogP contribution in [0.2, 0.25) is 0 Å². The Morgan fingerprint density at radius 3 is 2.48 bits per heavy atom. The molecule has 3 rings (SSSR count). The van der Waals surface area contributed by atoms with Crippen molar-refractivity contribution in [2.45, 2.75) is 63.3 Å². The molecule has 25 heavy (non-hydrogen) atoms. The van der Waals surface area contributed by atoms with E-state index < -0.39 is 6.10 Å². The van der Waals surface area contributed by atoms with Crippen LogP contribution in [0.5, 0.6) is 5.75 Å². The van der Waals surface area contributed by atoms with Crippen molar-refractivity contribution in [3.63, 3.8) is 0 Å². The lowest BCUT2D eigenvalue weighted by Gasteiger charge is -2.45. The van der Waals surface area contributed by atoms with Gasteiger partial charge in [-0.15, -0.1) is 0 Å². The second-order valence-electron chi connectivity index (χ2n) is 7.36. The summed E-state index contributed by atoms with van der Waals surface area (Å²) in [5.41, 5.74) is 0. The minimum Gasteiger partial charge on any atom is -0.488 e. The lowest BCUT2D eigenvalue weighted by molar-refractivity contribution is -0.130.